The van der Waals surface area contributed by atoms with Crippen LogP contribution >= 0.6 is 0 Å². The Bertz CT molecular complexity index is 1160. The minimum absolute atomic E-state index is 0.0274. The number of unbranched alkanes of at least 4 members (excludes halogenated alkanes) is 1. The SMILES string of the molecule is CC.CC1C2CCC(N(CCCCN3CCCCC3)C(=O)Nc3ccc(F)c(C(F)(F)F)c3)C12.N#Cc1cc#ccc1. The summed E-state index contributed by atoms with van der Waals surface area (Å²) in [6, 6.07) is 14.7. The van der Waals surface area contributed by atoms with Crippen LogP contribution in [0.4, 0.5) is 28.0 Å². The maximum Gasteiger partial charge on any atom is 0.419 e. The highest BCUT2D eigenvalue weighted by Gasteiger charge is 2.57. The number of fused-ring (bicyclic) bond motifs is 1. The summed E-state index contributed by atoms with van der Waals surface area (Å²) in [5.74, 6) is 0.406. The van der Waals surface area contributed by atoms with Crippen molar-refractivity contribution in [1.29, 1.82) is 5.26 Å². The van der Waals surface area contributed by atoms with Crippen molar-refractivity contribution in [3.05, 3.63) is 65.5 Å². The summed E-state index contributed by atoms with van der Waals surface area (Å²) in [6.45, 7) is 10.1. The van der Waals surface area contributed by atoms with Gasteiger partial charge in [0.15, 0.2) is 0 Å². The van der Waals surface area contributed by atoms with Crippen molar-refractivity contribution in [3.63, 3.8) is 0 Å². The first-order chi connectivity index (χ1) is 20.2. The number of nitrogens with one attached hydrogen (secondary N) is 1. The van der Waals surface area contributed by atoms with Crippen LogP contribution in [0.1, 0.15) is 76.8 Å². The van der Waals surface area contributed by atoms with Gasteiger partial charge >= 0.3 is 12.2 Å². The fourth-order valence-corrected chi connectivity index (χ4v) is 6.24. The Morgan fingerprint density at radius 2 is 1.86 bits per heavy atom. The van der Waals surface area contributed by atoms with Crippen LogP contribution in [-0.4, -0.2) is 48.1 Å². The number of urea groups is 1. The van der Waals surface area contributed by atoms with E-state index in [1.54, 1.807) is 18.2 Å². The molecule has 3 fully saturated rings. The van der Waals surface area contributed by atoms with E-state index in [-0.39, 0.29) is 17.8 Å². The third-order valence-electron chi connectivity index (χ3n) is 8.42. The number of rotatable bonds is 7. The molecular formula is C33H42F4N4O. The molecule has 0 aromatic heterocycles. The van der Waals surface area contributed by atoms with Gasteiger partial charge in [0.2, 0.25) is 0 Å². The number of alkyl halides is 3. The number of nitriles is 1. The van der Waals surface area contributed by atoms with E-state index in [9.17, 15) is 22.4 Å². The Morgan fingerprint density at radius 3 is 2.43 bits per heavy atom. The standard InChI is InChI=1S/C24H33F4N3O.C7H3N.C2H6/c1-16-18-8-10-21(22(16)18)31(14-6-5-13-30-11-3-2-4-12-30)23(32)29-17-7-9-20(25)19(15-17)24(26,27)28;8-6-7-4-2-1-3-5-7;1-2/h7,9,15-16,18,21-22H,2-6,8,10-14H2,1H3,(H,29,32);2,4-5H;1-2H3. The molecular weight excluding hydrogens is 544 g/mol. The molecule has 228 valence electrons. The average Bonchev–Trinajstić information content (AvgIpc) is 3.42. The number of nitrogens with zero attached hydrogens (tertiary/aromatic N) is 3. The highest BCUT2D eigenvalue weighted by atomic mass is 19.4. The zero-order chi connectivity index (χ0) is 30.7. The van der Waals surface area contributed by atoms with E-state index >= 15 is 0 Å². The van der Waals surface area contributed by atoms with E-state index in [4.69, 9.17) is 5.26 Å². The van der Waals surface area contributed by atoms with E-state index in [0.29, 0.717) is 35.9 Å². The zero-order valence-electron chi connectivity index (χ0n) is 24.8. The Balaban J connectivity index is 0.000000414. The molecule has 0 radical (unpaired) electrons. The molecule has 1 N–H and O–H groups in total. The maximum atomic E-state index is 13.6. The largest absolute Gasteiger partial charge is 0.419 e. The Labute approximate surface area is 247 Å². The Morgan fingerprint density at radius 1 is 1.12 bits per heavy atom. The molecule has 1 saturated heterocycles. The molecule has 1 heterocycles. The smallest absolute Gasteiger partial charge is 0.321 e. The molecule has 9 heteroatoms. The number of benzene rings is 1. The quantitative estimate of drug-likeness (QED) is 0.263. The van der Waals surface area contributed by atoms with E-state index in [0.717, 1.165) is 51.4 Å². The van der Waals surface area contributed by atoms with E-state index in [1.807, 2.05) is 24.8 Å². The first-order valence-electron chi connectivity index (χ1n) is 15.1. The molecule has 4 atom stereocenters. The lowest BCUT2D eigenvalue weighted by Gasteiger charge is -2.32. The molecule has 5 nitrogen and oxygen atoms in total. The molecule has 0 bridgehead atoms. The van der Waals surface area contributed by atoms with Crippen molar-refractivity contribution in [3.8, 4) is 6.07 Å². The minimum atomic E-state index is -4.80. The summed E-state index contributed by atoms with van der Waals surface area (Å²) in [6.07, 6.45) is 2.88. The lowest BCUT2D eigenvalue weighted by atomic mass is 10.1. The van der Waals surface area contributed by atoms with Gasteiger partial charge in [0.25, 0.3) is 0 Å². The van der Waals surface area contributed by atoms with Crippen LogP contribution in [0.2, 0.25) is 0 Å². The van der Waals surface area contributed by atoms with Crippen LogP contribution in [-0.2, 0) is 6.18 Å². The predicted octanol–water partition coefficient (Wildman–Crippen LogP) is 8.17. The number of anilines is 1. The molecule has 5 rings (SSSR count). The molecule has 2 saturated carbocycles. The second-order valence-electron chi connectivity index (χ2n) is 11.0. The molecule has 0 spiro atoms. The number of hydrogen-bond acceptors (Lipinski definition) is 3. The van der Waals surface area contributed by atoms with E-state index in [1.165, 1.54) is 25.3 Å². The molecule has 42 heavy (non-hydrogen) atoms. The first kappa shape index (κ1) is 33.2. The van der Waals surface area contributed by atoms with Gasteiger partial charge in [0.1, 0.15) is 5.82 Å². The molecule has 2 aromatic rings. The van der Waals surface area contributed by atoms with Gasteiger partial charge in [-0.2, -0.15) is 18.4 Å². The fourth-order valence-electron chi connectivity index (χ4n) is 6.24. The van der Waals surface area contributed by atoms with Gasteiger partial charge in [-0.25, -0.2) is 9.18 Å². The van der Waals surface area contributed by atoms with Crippen molar-refractivity contribution >= 4 is 11.7 Å². The molecule has 1 aliphatic heterocycles. The monoisotopic (exact) mass is 586 g/mol. The topological polar surface area (TPSA) is 59.4 Å². The van der Waals surface area contributed by atoms with Crippen LogP contribution in [0.25, 0.3) is 0 Å². The molecule has 2 amide bonds. The molecule has 2 aliphatic carbocycles. The number of amides is 2. The number of carbonyl (C=O) groups excluding carboxylic acids is 1. The van der Waals surface area contributed by atoms with Crippen LogP contribution in [0.15, 0.2) is 36.4 Å². The van der Waals surface area contributed by atoms with Crippen molar-refractivity contribution in [2.24, 2.45) is 17.8 Å². The summed E-state index contributed by atoms with van der Waals surface area (Å²) in [5, 5.41) is 10.9. The highest BCUT2D eigenvalue weighted by molar-refractivity contribution is 5.89. The minimum Gasteiger partial charge on any atom is -0.321 e. The van der Waals surface area contributed by atoms with Crippen LogP contribution < -0.4 is 5.32 Å². The van der Waals surface area contributed by atoms with Gasteiger partial charge in [0, 0.05) is 24.3 Å². The van der Waals surface area contributed by atoms with Crippen molar-refractivity contribution in [1.82, 2.24) is 9.80 Å². The van der Waals surface area contributed by atoms with Crippen LogP contribution in [0, 0.1) is 47.0 Å². The van der Waals surface area contributed by atoms with Crippen LogP contribution in [0.3, 0.4) is 0 Å². The number of halogens is 4. The maximum absolute atomic E-state index is 13.6. The Hall–Kier alpha value is -3.30. The van der Waals surface area contributed by atoms with Gasteiger partial charge in [0.05, 0.1) is 17.2 Å². The van der Waals surface area contributed by atoms with Crippen LogP contribution in [0.5, 0.6) is 0 Å². The second-order valence-corrected chi connectivity index (χ2v) is 11.0. The van der Waals surface area contributed by atoms with E-state index < -0.39 is 17.6 Å². The van der Waals surface area contributed by atoms with E-state index in [2.05, 4.69) is 29.3 Å². The van der Waals surface area contributed by atoms with Crippen molar-refractivity contribution in [2.45, 2.75) is 77.9 Å². The average molecular weight is 587 g/mol. The fraction of sp³-hybridized carbons (Fsp3) is 0.576. The van der Waals surface area contributed by atoms with Gasteiger partial charge in [-0.1, -0.05) is 39.3 Å². The molecule has 4 unspecified atom stereocenters. The summed E-state index contributed by atoms with van der Waals surface area (Å²) in [5.41, 5.74) is -0.760. The number of hydrogen-bond donors (Lipinski definition) is 1. The number of likely N-dealkylation sites (tertiary alicyclic amines) is 1. The summed E-state index contributed by atoms with van der Waals surface area (Å²) < 4.78 is 52.8. The second kappa shape index (κ2) is 15.8. The molecule has 3 aliphatic rings. The third kappa shape index (κ3) is 9.10. The summed E-state index contributed by atoms with van der Waals surface area (Å²) in [7, 11) is 0. The lowest BCUT2D eigenvalue weighted by molar-refractivity contribution is -0.139. The summed E-state index contributed by atoms with van der Waals surface area (Å²) in [4.78, 5) is 17.4. The van der Waals surface area contributed by atoms with Gasteiger partial charge in [-0.05, 0) is 106 Å². The third-order valence-corrected chi connectivity index (χ3v) is 8.42. The highest BCUT2D eigenvalue weighted by Crippen LogP contribution is 2.58. The van der Waals surface area contributed by atoms with Gasteiger partial charge in [-0.3, -0.25) is 0 Å². The normalized spacial score (nSPS) is 22.6. The predicted molar refractivity (Wildman–Crippen MR) is 156 cm³/mol. The summed E-state index contributed by atoms with van der Waals surface area (Å²) >= 11 is 0. The Kier molecular flexibility index (Phi) is 12.5. The number of carbonyl (C=O) groups is 1. The molecule has 2 aromatic carbocycles. The lowest BCUT2D eigenvalue weighted by Crippen LogP contribution is -2.44. The zero-order valence-corrected chi connectivity index (χ0v) is 24.8. The van der Waals surface area contributed by atoms with Crippen molar-refractivity contribution < 1.29 is 22.4 Å². The number of piperidine rings is 1. The van der Waals surface area contributed by atoms with Gasteiger partial charge in [-0.15, -0.1) is 0 Å². The van der Waals surface area contributed by atoms with Gasteiger partial charge < -0.3 is 15.1 Å². The first-order valence-corrected chi connectivity index (χ1v) is 15.1. The van der Waals surface area contributed by atoms with Crippen molar-refractivity contribution in [2.75, 3.05) is 31.5 Å².